The number of rotatable bonds is 5. The van der Waals surface area contributed by atoms with Crippen LogP contribution in [0.2, 0.25) is 0 Å². The second-order valence-electron chi connectivity index (χ2n) is 5.69. The van der Waals surface area contributed by atoms with E-state index in [-0.39, 0.29) is 11.3 Å². The maximum Gasteiger partial charge on any atom is 0.227 e. The lowest BCUT2D eigenvalue weighted by Crippen LogP contribution is -2.46. The molecule has 1 atom stereocenters. The molecule has 19 heavy (non-hydrogen) atoms. The Kier molecular flexibility index (Phi) is 4.24. The number of hydrogen-bond donors (Lipinski definition) is 2. The summed E-state index contributed by atoms with van der Waals surface area (Å²) in [5.41, 5.74) is 0.912. The molecule has 5 heteroatoms. The summed E-state index contributed by atoms with van der Waals surface area (Å²) in [6.07, 6.45) is 3.54. The van der Waals surface area contributed by atoms with Crippen molar-refractivity contribution in [1.29, 1.82) is 0 Å². The lowest BCUT2D eigenvalue weighted by Gasteiger charge is -2.31. The smallest absolute Gasteiger partial charge is 0.227 e. The summed E-state index contributed by atoms with van der Waals surface area (Å²) in [5.74, 6) is 0.550. The van der Waals surface area contributed by atoms with Gasteiger partial charge in [0.1, 0.15) is 0 Å². The van der Waals surface area contributed by atoms with Crippen molar-refractivity contribution in [2.24, 2.45) is 18.4 Å². The van der Waals surface area contributed by atoms with Crippen LogP contribution in [0.4, 0.5) is 0 Å². The Hall–Kier alpha value is -1.36. The molecule has 1 aliphatic heterocycles. The van der Waals surface area contributed by atoms with Gasteiger partial charge in [0.25, 0.3) is 0 Å². The number of nitrogens with zero attached hydrogens (tertiary/aromatic N) is 2. The zero-order valence-corrected chi connectivity index (χ0v) is 12.1. The second-order valence-corrected chi connectivity index (χ2v) is 5.69. The molecule has 106 valence electrons. The van der Waals surface area contributed by atoms with Gasteiger partial charge < -0.3 is 10.6 Å². The van der Waals surface area contributed by atoms with Crippen LogP contribution in [0.1, 0.15) is 26.0 Å². The molecule has 1 saturated heterocycles. The highest BCUT2D eigenvalue weighted by molar-refractivity contribution is 5.83. The van der Waals surface area contributed by atoms with E-state index in [0.29, 0.717) is 12.5 Å². The first-order valence-corrected chi connectivity index (χ1v) is 7.02. The van der Waals surface area contributed by atoms with E-state index in [0.717, 1.165) is 31.6 Å². The Morgan fingerprint density at radius 1 is 1.63 bits per heavy atom. The van der Waals surface area contributed by atoms with Gasteiger partial charge in [0.15, 0.2) is 0 Å². The normalized spacial score (nSPS) is 22.9. The number of aryl methyl sites for hydroxylation is 1. The molecule has 5 nitrogen and oxygen atoms in total. The van der Waals surface area contributed by atoms with E-state index < -0.39 is 0 Å². The molecular formula is C14H24N4O. The number of amides is 1. The number of aromatic nitrogens is 2. The van der Waals surface area contributed by atoms with Gasteiger partial charge in [-0.1, -0.05) is 13.8 Å². The largest absolute Gasteiger partial charge is 0.355 e. The Labute approximate surface area is 114 Å². The van der Waals surface area contributed by atoms with E-state index in [9.17, 15) is 4.79 Å². The van der Waals surface area contributed by atoms with Crippen LogP contribution in [0, 0.1) is 11.3 Å². The molecule has 2 N–H and O–H groups in total. The number of carbonyl (C=O) groups is 1. The third kappa shape index (κ3) is 2.81. The first kappa shape index (κ1) is 14.1. The van der Waals surface area contributed by atoms with E-state index >= 15 is 0 Å². The Morgan fingerprint density at radius 2 is 2.42 bits per heavy atom. The van der Waals surface area contributed by atoms with Gasteiger partial charge in [-0.15, -0.1) is 0 Å². The lowest BCUT2D eigenvalue weighted by molar-refractivity contribution is -0.132. The minimum atomic E-state index is -0.230. The van der Waals surface area contributed by atoms with Gasteiger partial charge in [-0.3, -0.25) is 9.48 Å². The van der Waals surface area contributed by atoms with Crippen molar-refractivity contribution in [3.8, 4) is 0 Å². The summed E-state index contributed by atoms with van der Waals surface area (Å²) in [6.45, 7) is 6.67. The molecule has 0 spiro atoms. The highest BCUT2D eigenvalue weighted by Crippen LogP contribution is 2.34. The minimum absolute atomic E-state index is 0.190. The van der Waals surface area contributed by atoms with Crippen molar-refractivity contribution in [2.75, 3.05) is 19.6 Å². The summed E-state index contributed by atoms with van der Waals surface area (Å²) in [7, 11) is 1.92. The highest BCUT2D eigenvalue weighted by Gasteiger charge is 2.43. The van der Waals surface area contributed by atoms with Gasteiger partial charge >= 0.3 is 0 Å². The van der Waals surface area contributed by atoms with Crippen LogP contribution >= 0.6 is 0 Å². The van der Waals surface area contributed by atoms with E-state index in [2.05, 4.69) is 29.6 Å². The van der Waals surface area contributed by atoms with Crippen LogP contribution in [0.5, 0.6) is 0 Å². The van der Waals surface area contributed by atoms with Gasteiger partial charge in [-0.25, -0.2) is 0 Å². The van der Waals surface area contributed by atoms with Gasteiger partial charge in [0, 0.05) is 38.4 Å². The lowest BCUT2D eigenvalue weighted by atomic mass is 9.75. The van der Waals surface area contributed by atoms with Crippen LogP contribution < -0.4 is 10.6 Å². The third-order valence-electron chi connectivity index (χ3n) is 4.33. The molecule has 0 aliphatic carbocycles. The molecular weight excluding hydrogens is 240 g/mol. The topological polar surface area (TPSA) is 59.0 Å². The Balaban J connectivity index is 1.88. The van der Waals surface area contributed by atoms with E-state index in [4.69, 9.17) is 0 Å². The zero-order valence-electron chi connectivity index (χ0n) is 12.1. The number of carbonyl (C=O) groups excluding carboxylic acids is 1. The average Bonchev–Trinajstić information content (AvgIpc) is 2.99. The molecule has 2 rings (SSSR count). The van der Waals surface area contributed by atoms with Gasteiger partial charge in [-0.05, 0) is 24.9 Å². The SMILES string of the molecule is CC(C)C1(C(=O)NCCc2ccnn2C)CCNC1. The summed E-state index contributed by atoms with van der Waals surface area (Å²) in [4.78, 5) is 12.4. The molecule has 1 aromatic rings. The predicted molar refractivity (Wildman–Crippen MR) is 74.7 cm³/mol. The summed E-state index contributed by atoms with van der Waals surface area (Å²) >= 11 is 0. The fourth-order valence-corrected chi connectivity index (χ4v) is 2.79. The summed E-state index contributed by atoms with van der Waals surface area (Å²) < 4.78 is 1.85. The van der Waals surface area contributed by atoms with Crippen LogP contribution in [0.3, 0.4) is 0 Å². The predicted octanol–water partition coefficient (Wildman–Crippen LogP) is 0.715. The molecule has 1 amide bonds. The third-order valence-corrected chi connectivity index (χ3v) is 4.33. The van der Waals surface area contributed by atoms with E-state index in [1.54, 1.807) is 6.20 Å². The summed E-state index contributed by atoms with van der Waals surface area (Å²) in [5, 5.41) is 10.5. The molecule has 1 unspecified atom stereocenters. The van der Waals surface area contributed by atoms with Crippen LogP contribution in [-0.2, 0) is 18.3 Å². The van der Waals surface area contributed by atoms with Crippen molar-refractivity contribution in [3.63, 3.8) is 0 Å². The Morgan fingerprint density at radius 3 is 2.95 bits per heavy atom. The quantitative estimate of drug-likeness (QED) is 0.823. The standard InChI is InChI=1S/C14H24N4O/c1-11(2)14(6-9-15-10-14)13(19)16-7-4-12-5-8-17-18(12)3/h5,8,11,15H,4,6-7,9-10H2,1-3H3,(H,16,19). The second kappa shape index (κ2) is 5.74. The summed E-state index contributed by atoms with van der Waals surface area (Å²) in [6, 6.07) is 1.99. The van der Waals surface area contributed by atoms with Gasteiger partial charge in [0.2, 0.25) is 5.91 Å². The monoisotopic (exact) mass is 264 g/mol. The van der Waals surface area contributed by atoms with Crippen LogP contribution in [-0.4, -0.2) is 35.3 Å². The molecule has 1 aromatic heterocycles. The van der Waals surface area contributed by atoms with E-state index in [1.807, 2.05) is 17.8 Å². The molecule has 1 aliphatic rings. The maximum atomic E-state index is 12.4. The van der Waals surface area contributed by atoms with Crippen LogP contribution in [0.25, 0.3) is 0 Å². The minimum Gasteiger partial charge on any atom is -0.355 e. The van der Waals surface area contributed by atoms with Crippen molar-refractivity contribution >= 4 is 5.91 Å². The molecule has 0 aromatic carbocycles. The fourth-order valence-electron chi connectivity index (χ4n) is 2.79. The average molecular weight is 264 g/mol. The van der Waals surface area contributed by atoms with Crippen LogP contribution in [0.15, 0.2) is 12.3 Å². The van der Waals surface area contributed by atoms with Crippen molar-refractivity contribution in [2.45, 2.75) is 26.7 Å². The van der Waals surface area contributed by atoms with Crippen molar-refractivity contribution in [1.82, 2.24) is 20.4 Å². The number of hydrogen-bond acceptors (Lipinski definition) is 3. The van der Waals surface area contributed by atoms with E-state index in [1.165, 1.54) is 0 Å². The molecule has 1 fully saturated rings. The zero-order chi connectivity index (χ0) is 13.9. The fraction of sp³-hybridized carbons (Fsp3) is 0.714. The Bertz CT molecular complexity index is 432. The first-order valence-electron chi connectivity index (χ1n) is 7.02. The first-order chi connectivity index (χ1) is 9.06. The van der Waals surface area contributed by atoms with Crippen molar-refractivity contribution < 1.29 is 4.79 Å². The number of nitrogens with one attached hydrogen (secondary N) is 2. The molecule has 0 bridgehead atoms. The molecule has 0 radical (unpaired) electrons. The molecule has 2 heterocycles. The molecule has 0 saturated carbocycles. The van der Waals surface area contributed by atoms with Gasteiger partial charge in [-0.2, -0.15) is 5.10 Å². The van der Waals surface area contributed by atoms with Crippen molar-refractivity contribution in [3.05, 3.63) is 18.0 Å². The van der Waals surface area contributed by atoms with Gasteiger partial charge in [0.05, 0.1) is 5.41 Å². The maximum absolute atomic E-state index is 12.4. The highest BCUT2D eigenvalue weighted by atomic mass is 16.2.